The van der Waals surface area contributed by atoms with Gasteiger partial charge in [0.15, 0.2) is 0 Å². The molecule has 0 spiro atoms. The summed E-state index contributed by atoms with van der Waals surface area (Å²) in [6, 6.07) is -3.91. The van der Waals surface area contributed by atoms with Crippen LogP contribution in [0.3, 0.4) is 0 Å². The third-order valence-corrected chi connectivity index (χ3v) is 7.42. The molecule has 1 aliphatic rings. The van der Waals surface area contributed by atoms with Crippen molar-refractivity contribution in [2.24, 2.45) is 17.8 Å². The molecule has 250 valence electrons. The lowest BCUT2D eigenvalue weighted by Gasteiger charge is -2.31. The van der Waals surface area contributed by atoms with E-state index in [1.54, 1.807) is 27.7 Å². The minimum Gasteiger partial charge on any atom is -0.467 e. The lowest BCUT2D eigenvalue weighted by molar-refractivity contribution is -0.146. The molecule has 1 aliphatic heterocycles. The Balaban J connectivity index is 2.88. The summed E-state index contributed by atoms with van der Waals surface area (Å²) in [6.07, 6.45) is 1.37. The van der Waals surface area contributed by atoms with Crippen molar-refractivity contribution in [2.75, 3.05) is 26.8 Å². The second-order valence-corrected chi connectivity index (χ2v) is 11.9. The lowest BCUT2D eigenvalue weighted by atomic mass is 9.99. The number of hydrogen-bond acceptors (Lipinski definition) is 9. The maximum atomic E-state index is 13.5. The lowest BCUT2D eigenvalue weighted by Crippen LogP contribution is -2.57. The number of ether oxygens (including phenoxy) is 2. The van der Waals surface area contributed by atoms with Crippen molar-refractivity contribution < 1.29 is 43.0 Å². The molecule has 1 heterocycles. The Labute approximate surface area is 260 Å². The number of likely N-dealkylation sites (tertiary alicyclic amines) is 1. The van der Waals surface area contributed by atoms with E-state index in [9.17, 15) is 33.6 Å². The Morgan fingerprint density at radius 2 is 1.57 bits per heavy atom. The molecule has 0 radical (unpaired) electrons. The summed E-state index contributed by atoms with van der Waals surface area (Å²) in [5.74, 6) is -4.74. The van der Waals surface area contributed by atoms with Gasteiger partial charge in [0.2, 0.25) is 23.5 Å². The summed E-state index contributed by atoms with van der Waals surface area (Å²) >= 11 is 0. The number of Topliss-reactive ketones (excluding diaryl/α,β-unsaturated/α-hetero) is 1. The van der Waals surface area contributed by atoms with Crippen molar-refractivity contribution in [3.8, 4) is 0 Å². The first-order valence-corrected chi connectivity index (χ1v) is 15.4. The van der Waals surface area contributed by atoms with E-state index < -0.39 is 72.2 Å². The first-order valence-electron chi connectivity index (χ1n) is 15.4. The molecule has 0 saturated carbocycles. The van der Waals surface area contributed by atoms with Crippen molar-refractivity contribution in [2.45, 2.75) is 105 Å². The Kier molecular flexibility index (Phi) is 16.4. The number of amides is 5. The normalized spacial score (nSPS) is 17.2. The van der Waals surface area contributed by atoms with E-state index >= 15 is 0 Å². The molecule has 14 nitrogen and oxygen atoms in total. The number of hydrogen-bond donors (Lipinski definition) is 4. The minimum absolute atomic E-state index is 0.118. The van der Waals surface area contributed by atoms with Crippen molar-refractivity contribution in [3.05, 3.63) is 0 Å². The predicted molar refractivity (Wildman–Crippen MR) is 161 cm³/mol. The van der Waals surface area contributed by atoms with E-state index in [1.807, 2.05) is 20.8 Å². The van der Waals surface area contributed by atoms with Gasteiger partial charge in [0.1, 0.15) is 18.1 Å². The SMILES string of the molecule is CCCC(NC(=O)[C@@H]1CCCN1C(=O)[C@@H](NC(=O)OCC(C)C)C(C)C)C(=O)C(=O)NCC(=O)N[C@H](C(=O)OC)[C@@H](C)CC. The third kappa shape index (κ3) is 11.8. The van der Waals surface area contributed by atoms with Gasteiger partial charge in [-0.25, -0.2) is 9.59 Å². The van der Waals surface area contributed by atoms with E-state index in [2.05, 4.69) is 21.3 Å². The molecule has 0 aliphatic carbocycles. The van der Waals surface area contributed by atoms with Gasteiger partial charge in [-0.1, -0.05) is 61.3 Å². The van der Waals surface area contributed by atoms with E-state index in [0.717, 1.165) is 0 Å². The third-order valence-electron chi connectivity index (χ3n) is 7.42. The molecule has 5 atom stereocenters. The number of esters is 1. The zero-order chi connectivity index (χ0) is 33.6. The van der Waals surface area contributed by atoms with Crippen LogP contribution in [0.2, 0.25) is 0 Å². The zero-order valence-electron chi connectivity index (χ0n) is 27.3. The van der Waals surface area contributed by atoms with Gasteiger partial charge in [-0.2, -0.15) is 0 Å². The van der Waals surface area contributed by atoms with Crippen LogP contribution in [0.25, 0.3) is 0 Å². The predicted octanol–water partition coefficient (Wildman–Crippen LogP) is 1.06. The van der Waals surface area contributed by atoms with Crippen molar-refractivity contribution >= 4 is 41.5 Å². The standard InChI is InChI=1S/C30H51N5O9/c1-9-12-20(25(37)27(39)31-15-22(36)33-24(19(7)10-2)29(41)43-8)32-26(38)21-13-11-14-35(21)28(40)23(18(5)6)34-30(42)44-16-17(3)4/h17-21,23-24H,9-16H2,1-8H3,(H,31,39)(H,32,38)(H,33,36)(H,34,42)/t19-,20?,21-,23-,24-/m0/s1. The average molecular weight is 626 g/mol. The molecule has 0 aromatic carbocycles. The highest BCUT2D eigenvalue weighted by Crippen LogP contribution is 2.21. The highest BCUT2D eigenvalue weighted by Gasteiger charge is 2.40. The fourth-order valence-corrected chi connectivity index (χ4v) is 4.66. The number of carbonyl (C=O) groups excluding carboxylic acids is 7. The van der Waals surface area contributed by atoms with Gasteiger partial charge >= 0.3 is 12.1 Å². The summed E-state index contributed by atoms with van der Waals surface area (Å²) in [7, 11) is 1.21. The largest absolute Gasteiger partial charge is 0.467 e. The number of rotatable bonds is 17. The molecule has 0 aromatic rings. The smallest absolute Gasteiger partial charge is 0.407 e. The molecule has 1 unspecified atom stereocenters. The number of ketones is 1. The van der Waals surface area contributed by atoms with Gasteiger partial charge in [-0.05, 0) is 37.0 Å². The molecular formula is C30H51N5O9. The van der Waals surface area contributed by atoms with Gasteiger partial charge in [0, 0.05) is 6.54 Å². The minimum atomic E-state index is -1.18. The van der Waals surface area contributed by atoms with Crippen LogP contribution in [0.15, 0.2) is 0 Å². The number of nitrogens with zero attached hydrogens (tertiary/aromatic N) is 1. The van der Waals surface area contributed by atoms with Gasteiger partial charge < -0.3 is 35.6 Å². The summed E-state index contributed by atoms with van der Waals surface area (Å²) in [5.41, 5.74) is 0. The molecule has 5 amide bonds. The maximum Gasteiger partial charge on any atom is 0.407 e. The average Bonchev–Trinajstić information content (AvgIpc) is 3.48. The van der Waals surface area contributed by atoms with Crippen LogP contribution in [0, 0.1) is 17.8 Å². The van der Waals surface area contributed by atoms with Crippen molar-refractivity contribution in [1.82, 2.24) is 26.2 Å². The Hall–Kier alpha value is -3.71. The van der Waals surface area contributed by atoms with Crippen LogP contribution >= 0.6 is 0 Å². The van der Waals surface area contributed by atoms with Crippen molar-refractivity contribution in [3.63, 3.8) is 0 Å². The summed E-state index contributed by atoms with van der Waals surface area (Å²) < 4.78 is 9.90. The second kappa shape index (κ2) is 18.8. The number of carbonyl (C=O) groups is 7. The van der Waals surface area contributed by atoms with Gasteiger partial charge in [-0.3, -0.25) is 24.0 Å². The van der Waals surface area contributed by atoms with Crippen LogP contribution in [0.5, 0.6) is 0 Å². The van der Waals surface area contributed by atoms with Gasteiger partial charge in [0.25, 0.3) is 5.91 Å². The molecule has 4 N–H and O–H groups in total. The summed E-state index contributed by atoms with van der Waals surface area (Å²) in [4.78, 5) is 90.6. The number of nitrogens with one attached hydrogen (secondary N) is 4. The molecule has 1 fully saturated rings. The molecule has 1 rings (SSSR count). The monoisotopic (exact) mass is 625 g/mol. The quantitative estimate of drug-likeness (QED) is 0.135. The van der Waals surface area contributed by atoms with Crippen LogP contribution in [-0.4, -0.2) is 97.3 Å². The van der Waals surface area contributed by atoms with Crippen LogP contribution in [0.4, 0.5) is 4.79 Å². The van der Waals surface area contributed by atoms with E-state index in [4.69, 9.17) is 9.47 Å². The maximum absolute atomic E-state index is 13.5. The Morgan fingerprint density at radius 1 is 0.909 bits per heavy atom. The Bertz CT molecular complexity index is 1030. The molecule has 1 saturated heterocycles. The number of alkyl carbamates (subject to hydrolysis) is 1. The molecule has 44 heavy (non-hydrogen) atoms. The van der Waals surface area contributed by atoms with E-state index in [0.29, 0.717) is 25.7 Å². The van der Waals surface area contributed by atoms with Gasteiger partial charge in [-0.15, -0.1) is 0 Å². The summed E-state index contributed by atoms with van der Waals surface area (Å²) in [6.45, 7) is 12.6. The van der Waals surface area contributed by atoms with E-state index in [-0.39, 0.29) is 37.3 Å². The summed E-state index contributed by atoms with van der Waals surface area (Å²) in [5, 5.41) is 9.99. The fraction of sp³-hybridized carbons (Fsp3) is 0.767. The molecule has 0 bridgehead atoms. The fourth-order valence-electron chi connectivity index (χ4n) is 4.66. The molecule has 0 aromatic heterocycles. The topological polar surface area (TPSA) is 189 Å². The van der Waals surface area contributed by atoms with Crippen molar-refractivity contribution in [1.29, 1.82) is 0 Å². The van der Waals surface area contributed by atoms with Crippen LogP contribution in [-0.2, 0) is 38.2 Å². The first-order chi connectivity index (χ1) is 20.7. The van der Waals surface area contributed by atoms with Gasteiger partial charge in [0.05, 0.1) is 26.3 Å². The first kappa shape index (κ1) is 38.3. The van der Waals surface area contributed by atoms with Crippen LogP contribution < -0.4 is 21.3 Å². The van der Waals surface area contributed by atoms with Crippen LogP contribution in [0.1, 0.15) is 80.6 Å². The zero-order valence-corrected chi connectivity index (χ0v) is 27.3. The highest BCUT2D eigenvalue weighted by atomic mass is 16.5. The highest BCUT2D eigenvalue weighted by molar-refractivity contribution is 6.38. The molecular weight excluding hydrogens is 574 g/mol. The second-order valence-electron chi connectivity index (χ2n) is 11.9. The van der Waals surface area contributed by atoms with E-state index in [1.165, 1.54) is 12.0 Å². The molecule has 14 heteroatoms. The Morgan fingerprint density at radius 3 is 2.11 bits per heavy atom. The number of methoxy groups -OCH3 is 1.